The number of rotatable bonds is 7. The summed E-state index contributed by atoms with van der Waals surface area (Å²) < 4.78 is 0. The van der Waals surface area contributed by atoms with Gasteiger partial charge in [0.15, 0.2) is 0 Å². The molecule has 1 aliphatic heterocycles. The van der Waals surface area contributed by atoms with Gasteiger partial charge < -0.3 is 16.4 Å². The molecule has 1 fully saturated rings. The molecule has 0 atom stereocenters. The van der Waals surface area contributed by atoms with Crippen molar-refractivity contribution in [2.24, 2.45) is 5.92 Å². The number of nitrogens with one attached hydrogen (secondary N) is 2. The molecule has 31 heavy (non-hydrogen) atoms. The summed E-state index contributed by atoms with van der Waals surface area (Å²) in [7, 11) is 0. The molecule has 0 saturated carbocycles. The molecule has 166 valence electrons. The Morgan fingerprint density at radius 2 is 1.68 bits per heavy atom. The first-order chi connectivity index (χ1) is 14.8. The molecule has 2 aromatic carbocycles. The summed E-state index contributed by atoms with van der Waals surface area (Å²) in [5.41, 5.74) is 7.35. The van der Waals surface area contributed by atoms with E-state index in [0.717, 1.165) is 37.5 Å². The third kappa shape index (κ3) is 7.01. The quantitative estimate of drug-likeness (QED) is 0.520. The molecule has 1 aliphatic rings. The molecule has 9 heteroatoms. The fraction of sp³-hybridized carbons (Fsp3) is 0.364. The topological polar surface area (TPSA) is 87.5 Å². The van der Waals surface area contributed by atoms with Crippen molar-refractivity contribution in [3.63, 3.8) is 0 Å². The molecule has 1 saturated heterocycles. The number of nitrogens with zero attached hydrogens (tertiary/aromatic N) is 1. The maximum atomic E-state index is 12.3. The fourth-order valence-corrected chi connectivity index (χ4v) is 4.17. The normalized spacial score (nSPS) is 14.9. The summed E-state index contributed by atoms with van der Waals surface area (Å²) in [6.45, 7) is 3.31. The predicted octanol–water partition coefficient (Wildman–Crippen LogP) is 3.99. The van der Waals surface area contributed by atoms with Gasteiger partial charge in [-0.1, -0.05) is 46.9 Å². The minimum atomic E-state index is -0.493. The van der Waals surface area contributed by atoms with E-state index >= 15 is 0 Å². The largest absolute Gasteiger partial charge is 0.397 e. The molecule has 3 rings (SSSR count). The van der Waals surface area contributed by atoms with Gasteiger partial charge in [-0.2, -0.15) is 0 Å². The van der Waals surface area contributed by atoms with E-state index in [1.54, 1.807) is 0 Å². The van der Waals surface area contributed by atoms with Crippen LogP contribution in [0.3, 0.4) is 0 Å². The molecule has 0 unspecified atom stereocenters. The van der Waals surface area contributed by atoms with E-state index in [2.05, 4.69) is 15.5 Å². The molecule has 6 nitrogen and oxygen atoms in total. The van der Waals surface area contributed by atoms with E-state index in [0.29, 0.717) is 17.5 Å². The van der Waals surface area contributed by atoms with Gasteiger partial charge in [0.1, 0.15) is 0 Å². The second-order valence-corrected chi connectivity index (χ2v) is 8.96. The van der Waals surface area contributed by atoms with Crippen LogP contribution < -0.4 is 16.4 Å². The van der Waals surface area contributed by atoms with Crippen LogP contribution in [-0.2, 0) is 11.3 Å². The van der Waals surface area contributed by atoms with Gasteiger partial charge in [0, 0.05) is 23.1 Å². The van der Waals surface area contributed by atoms with Gasteiger partial charge in [-0.15, -0.1) is 0 Å². The molecule has 0 aromatic heterocycles. The van der Waals surface area contributed by atoms with Crippen LogP contribution >= 0.6 is 34.8 Å². The fourth-order valence-electron chi connectivity index (χ4n) is 3.55. The first kappa shape index (κ1) is 23.7. The van der Waals surface area contributed by atoms with Crippen molar-refractivity contribution in [1.82, 2.24) is 15.5 Å². The van der Waals surface area contributed by atoms with E-state index in [-0.39, 0.29) is 28.7 Å². The van der Waals surface area contributed by atoms with Crippen molar-refractivity contribution in [3.05, 3.63) is 62.6 Å². The van der Waals surface area contributed by atoms with Gasteiger partial charge in [0.05, 0.1) is 22.8 Å². The Morgan fingerprint density at radius 3 is 2.35 bits per heavy atom. The van der Waals surface area contributed by atoms with Crippen LogP contribution in [0.25, 0.3) is 0 Å². The highest BCUT2D eigenvalue weighted by Gasteiger charge is 2.20. The maximum Gasteiger partial charge on any atom is 0.253 e. The number of benzene rings is 2. The number of nitrogens with two attached hydrogens (primary N) is 1. The Kier molecular flexibility index (Phi) is 8.43. The Balaban J connectivity index is 1.37. The number of hydrogen-bond acceptors (Lipinski definition) is 4. The van der Waals surface area contributed by atoms with E-state index in [1.807, 2.05) is 24.3 Å². The molecule has 0 spiro atoms. The predicted molar refractivity (Wildman–Crippen MR) is 126 cm³/mol. The second-order valence-electron chi connectivity index (χ2n) is 7.68. The highest BCUT2D eigenvalue weighted by atomic mass is 35.5. The molecule has 1 heterocycles. The molecule has 0 radical (unpaired) electrons. The zero-order chi connectivity index (χ0) is 22.4. The summed E-state index contributed by atoms with van der Waals surface area (Å²) in [6, 6.07) is 10.8. The van der Waals surface area contributed by atoms with Gasteiger partial charge in [-0.05, 0) is 61.7 Å². The summed E-state index contributed by atoms with van der Waals surface area (Å²) in [5.74, 6) is -0.320. The number of halogens is 3. The number of anilines is 1. The lowest BCUT2D eigenvalue weighted by atomic mass is 9.96. The number of likely N-dealkylation sites (tertiary alicyclic amines) is 1. The van der Waals surface area contributed by atoms with E-state index in [9.17, 15) is 9.59 Å². The van der Waals surface area contributed by atoms with Crippen molar-refractivity contribution in [2.45, 2.75) is 19.4 Å². The third-order valence-corrected chi connectivity index (χ3v) is 6.15. The monoisotopic (exact) mass is 482 g/mol. The van der Waals surface area contributed by atoms with Crippen LogP contribution in [0.4, 0.5) is 5.69 Å². The van der Waals surface area contributed by atoms with Crippen molar-refractivity contribution in [1.29, 1.82) is 0 Å². The third-order valence-electron chi connectivity index (χ3n) is 5.36. The minimum Gasteiger partial charge on any atom is -0.397 e. The van der Waals surface area contributed by atoms with Crippen LogP contribution in [0.5, 0.6) is 0 Å². The van der Waals surface area contributed by atoms with Gasteiger partial charge in [0.2, 0.25) is 5.91 Å². The zero-order valence-corrected chi connectivity index (χ0v) is 19.2. The van der Waals surface area contributed by atoms with Gasteiger partial charge in [-0.25, -0.2) is 0 Å². The summed E-state index contributed by atoms with van der Waals surface area (Å²) >= 11 is 17.8. The average Bonchev–Trinajstić information content (AvgIpc) is 2.75. The molecular formula is C22H25Cl3N4O2. The van der Waals surface area contributed by atoms with Crippen LogP contribution in [0, 0.1) is 5.92 Å². The number of piperidine rings is 1. The Labute approximate surface area is 197 Å². The van der Waals surface area contributed by atoms with E-state index in [1.165, 1.54) is 17.7 Å². The molecule has 0 bridgehead atoms. The SMILES string of the molecule is Nc1c(Cl)cc(Cl)cc1C(=O)NCC(=O)NCC1CCN(Cc2ccc(Cl)cc2)CC1. The van der Waals surface area contributed by atoms with Crippen molar-refractivity contribution in [3.8, 4) is 0 Å². The molecule has 2 amide bonds. The van der Waals surface area contributed by atoms with Gasteiger partial charge >= 0.3 is 0 Å². The first-order valence-corrected chi connectivity index (χ1v) is 11.2. The van der Waals surface area contributed by atoms with Crippen LogP contribution in [0.2, 0.25) is 15.1 Å². The number of carbonyl (C=O) groups is 2. The second kappa shape index (κ2) is 11.0. The lowest BCUT2D eigenvalue weighted by Gasteiger charge is -2.32. The number of amides is 2. The number of hydrogen-bond donors (Lipinski definition) is 3. The number of nitrogen functional groups attached to an aromatic ring is 1. The van der Waals surface area contributed by atoms with Crippen LogP contribution in [0.1, 0.15) is 28.8 Å². The molecule has 0 aliphatic carbocycles. The Morgan fingerprint density at radius 1 is 1.00 bits per heavy atom. The first-order valence-electron chi connectivity index (χ1n) is 10.1. The average molecular weight is 484 g/mol. The van der Waals surface area contributed by atoms with E-state index in [4.69, 9.17) is 40.5 Å². The highest BCUT2D eigenvalue weighted by molar-refractivity contribution is 6.37. The van der Waals surface area contributed by atoms with Gasteiger partial charge in [-0.3, -0.25) is 14.5 Å². The molecular weight excluding hydrogens is 459 g/mol. The van der Waals surface area contributed by atoms with Crippen molar-refractivity contribution < 1.29 is 9.59 Å². The summed E-state index contributed by atoms with van der Waals surface area (Å²) in [4.78, 5) is 26.8. The summed E-state index contributed by atoms with van der Waals surface area (Å²) in [5, 5.41) is 6.70. The molecule has 4 N–H and O–H groups in total. The van der Waals surface area contributed by atoms with Gasteiger partial charge in [0.25, 0.3) is 5.91 Å². The van der Waals surface area contributed by atoms with Crippen molar-refractivity contribution >= 4 is 52.3 Å². The Hall–Kier alpha value is -1.99. The lowest BCUT2D eigenvalue weighted by Crippen LogP contribution is -2.41. The van der Waals surface area contributed by atoms with E-state index < -0.39 is 5.91 Å². The standard InChI is InChI=1S/C22H25Cl3N4O2/c23-16-3-1-15(2-4-16)13-29-7-5-14(6-8-29)11-27-20(30)12-28-22(31)18-9-17(24)10-19(25)21(18)26/h1-4,9-10,14H,5-8,11-13,26H2,(H,27,30)(H,28,31). The highest BCUT2D eigenvalue weighted by Crippen LogP contribution is 2.27. The van der Waals surface area contributed by atoms with Crippen LogP contribution in [0.15, 0.2) is 36.4 Å². The lowest BCUT2D eigenvalue weighted by molar-refractivity contribution is -0.120. The minimum absolute atomic E-state index is 0.134. The smallest absolute Gasteiger partial charge is 0.253 e. The summed E-state index contributed by atoms with van der Waals surface area (Å²) in [6.07, 6.45) is 2.02. The maximum absolute atomic E-state index is 12.3. The molecule has 2 aromatic rings. The number of carbonyl (C=O) groups excluding carboxylic acids is 2. The Bertz CT molecular complexity index is 929. The zero-order valence-electron chi connectivity index (χ0n) is 17.0. The van der Waals surface area contributed by atoms with Crippen LogP contribution in [-0.4, -0.2) is 42.9 Å². The van der Waals surface area contributed by atoms with Crippen molar-refractivity contribution in [2.75, 3.05) is 31.9 Å².